The number of likely N-dealkylation sites (tertiary alicyclic amines) is 1. The Balaban J connectivity index is 1.85. The summed E-state index contributed by atoms with van der Waals surface area (Å²) in [5.74, 6) is 1.82. The van der Waals surface area contributed by atoms with Crippen molar-refractivity contribution in [3.63, 3.8) is 0 Å². The summed E-state index contributed by atoms with van der Waals surface area (Å²) in [6.07, 6.45) is 9.46. The average molecular weight is 238 g/mol. The van der Waals surface area contributed by atoms with Crippen LogP contribution in [0.4, 0.5) is 0 Å². The van der Waals surface area contributed by atoms with E-state index in [0.29, 0.717) is 6.04 Å². The number of nitrogens with two attached hydrogens (primary N) is 1. The van der Waals surface area contributed by atoms with Crippen LogP contribution in [0.1, 0.15) is 58.8 Å². The van der Waals surface area contributed by atoms with Gasteiger partial charge in [-0.15, -0.1) is 0 Å². The first-order valence-electron chi connectivity index (χ1n) is 7.66. The van der Waals surface area contributed by atoms with Crippen molar-refractivity contribution in [2.24, 2.45) is 17.6 Å². The smallest absolute Gasteiger partial charge is 0.0110 e. The van der Waals surface area contributed by atoms with Crippen molar-refractivity contribution in [3.05, 3.63) is 0 Å². The lowest BCUT2D eigenvalue weighted by atomic mass is 9.89. The molecule has 0 aromatic carbocycles. The molecule has 2 N–H and O–H groups in total. The van der Waals surface area contributed by atoms with E-state index in [1.807, 2.05) is 0 Å². The maximum Gasteiger partial charge on any atom is 0.0110 e. The molecule has 0 spiro atoms. The van der Waals surface area contributed by atoms with Crippen LogP contribution in [0.25, 0.3) is 0 Å². The van der Waals surface area contributed by atoms with E-state index >= 15 is 0 Å². The van der Waals surface area contributed by atoms with Crippen LogP contribution < -0.4 is 5.73 Å². The first kappa shape index (κ1) is 13.4. The van der Waals surface area contributed by atoms with E-state index < -0.39 is 0 Å². The highest BCUT2D eigenvalue weighted by Gasteiger charge is 2.27. The lowest BCUT2D eigenvalue weighted by Gasteiger charge is -2.36. The van der Waals surface area contributed by atoms with E-state index in [-0.39, 0.29) is 0 Å². The largest absolute Gasteiger partial charge is 0.328 e. The Bertz CT molecular complexity index is 227. The predicted octanol–water partition coefficient (Wildman–Crippen LogP) is 3.01. The molecule has 2 aliphatic rings. The summed E-state index contributed by atoms with van der Waals surface area (Å²) < 4.78 is 0. The number of hydrogen-bond donors (Lipinski definition) is 1. The van der Waals surface area contributed by atoms with Crippen molar-refractivity contribution < 1.29 is 0 Å². The van der Waals surface area contributed by atoms with Crippen molar-refractivity contribution in [3.8, 4) is 0 Å². The van der Waals surface area contributed by atoms with Crippen molar-refractivity contribution in [2.45, 2.75) is 70.9 Å². The fraction of sp³-hybridized carbons (Fsp3) is 1.00. The standard InChI is InChI=1S/C15H30N2/c1-12(2)13-5-4-9-17(10-8-13)15-7-3-6-14(16)11-15/h12-15H,3-11,16H2,1-2H3. The quantitative estimate of drug-likeness (QED) is 0.801. The highest BCUT2D eigenvalue weighted by Crippen LogP contribution is 2.28. The lowest BCUT2D eigenvalue weighted by molar-refractivity contribution is 0.149. The maximum atomic E-state index is 6.12. The second kappa shape index (κ2) is 6.19. The molecule has 0 bridgehead atoms. The highest BCUT2D eigenvalue weighted by molar-refractivity contribution is 4.84. The molecule has 3 unspecified atom stereocenters. The molecule has 0 amide bonds. The lowest BCUT2D eigenvalue weighted by Crippen LogP contribution is -2.43. The third kappa shape index (κ3) is 3.69. The SMILES string of the molecule is CC(C)C1CCCN(C2CCCC(N)C2)CC1. The van der Waals surface area contributed by atoms with Crippen molar-refractivity contribution in [1.82, 2.24) is 4.90 Å². The van der Waals surface area contributed by atoms with Crippen LogP contribution in [0, 0.1) is 11.8 Å². The molecule has 1 aliphatic carbocycles. The van der Waals surface area contributed by atoms with Gasteiger partial charge in [-0.2, -0.15) is 0 Å². The summed E-state index contributed by atoms with van der Waals surface area (Å²) in [5.41, 5.74) is 6.12. The van der Waals surface area contributed by atoms with Gasteiger partial charge in [-0.05, 0) is 63.5 Å². The van der Waals surface area contributed by atoms with Crippen LogP contribution in [0.2, 0.25) is 0 Å². The molecule has 2 rings (SSSR count). The molecule has 2 nitrogen and oxygen atoms in total. The molecule has 1 saturated heterocycles. The van der Waals surface area contributed by atoms with Crippen LogP contribution in [-0.4, -0.2) is 30.1 Å². The van der Waals surface area contributed by atoms with E-state index in [0.717, 1.165) is 17.9 Å². The summed E-state index contributed by atoms with van der Waals surface area (Å²) in [5, 5.41) is 0. The summed E-state index contributed by atoms with van der Waals surface area (Å²) in [6, 6.07) is 1.27. The van der Waals surface area contributed by atoms with Gasteiger partial charge in [0.15, 0.2) is 0 Å². The van der Waals surface area contributed by atoms with E-state index in [1.54, 1.807) is 0 Å². The zero-order chi connectivity index (χ0) is 12.3. The Hall–Kier alpha value is -0.0800. The molecule has 0 aromatic heterocycles. The van der Waals surface area contributed by atoms with Crippen LogP contribution >= 0.6 is 0 Å². The van der Waals surface area contributed by atoms with E-state index in [9.17, 15) is 0 Å². The monoisotopic (exact) mass is 238 g/mol. The van der Waals surface area contributed by atoms with Gasteiger partial charge < -0.3 is 10.6 Å². The van der Waals surface area contributed by atoms with Crippen molar-refractivity contribution >= 4 is 0 Å². The van der Waals surface area contributed by atoms with Crippen LogP contribution in [-0.2, 0) is 0 Å². The van der Waals surface area contributed by atoms with Crippen LogP contribution in [0.5, 0.6) is 0 Å². The van der Waals surface area contributed by atoms with Gasteiger partial charge in [-0.1, -0.05) is 20.3 Å². The molecule has 0 radical (unpaired) electrons. The topological polar surface area (TPSA) is 29.3 Å². The minimum absolute atomic E-state index is 0.470. The Morgan fingerprint density at radius 2 is 1.82 bits per heavy atom. The minimum atomic E-state index is 0.470. The molecule has 1 heterocycles. The van der Waals surface area contributed by atoms with E-state index in [1.165, 1.54) is 58.0 Å². The van der Waals surface area contributed by atoms with E-state index in [4.69, 9.17) is 5.73 Å². The Labute approximate surface area is 107 Å². The third-order valence-electron chi connectivity index (χ3n) is 4.95. The van der Waals surface area contributed by atoms with Crippen LogP contribution in [0.15, 0.2) is 0 Å². The average Bonchev–Trinajstić information content (AvgIpc) is 2.54. The van der Waals surface area contributed by atoms with Gasteiger partial charge in [0.2, 0.25) is 0 Å². The number of rotatable bonds is 2. The summed E-state index contributed by atoms with van der Waals surface area (Å²) in [7, 11) is 0. The second-order valence-electron chi connectivity index (χ2n) is 6.55. The molecule has 2 heteroatoms. The van der Waals surface area contributed by atoms with E-state index in [2.05, 4.69) is 18.7 Å². The summed E-state index contributed by atoms with van der Waals surface area (Å²) in [6.45, 7) is 7.41. The predicted molar refractivity (Wildman–Crippen MR) is 74.0 cm³/mol. The first-order chi connectivity index (χ1) is 8.16. The van der Waals surface area contributed by atoms with Crippen molar-refractivity contribution in [1.29, 1.82) is 0 Å². The summed E-state index contributed by atoms with van der Waals surface area (Å²) in [4.78, 5) is 2.75. The van der Waals surface area contributed by atoms with Gasteiger partial charge in [-0.25, -0.2) is 0 Å². The molecule has 1 aliphatic heterocycles. The second-order valence-corrected chi connectivity index (χ2v) is 6.55. The number of nitrogens with zero attached hydrogens (tertiary/aromatic N) is 1. The third-order valence-corrected chi connectivity index (χ3v) is 4.95. The van der Waals surface area contributed by atoms with Gasteiger partial charge in [0.1, 0.15) is 0 Å². The molecule has 3 atom stereocenters. The normalized spacial score (nSPS) is 37.1. The Morgan fingerprint density at radius 3 is 2.53 bits per heavy atom. The highest BCUT2D eigenvalue weighted by atomic mass is 15.2. The van der Waals surface area contributed by atoms with Crippen molar-refractivity contribution in [2.75, 3.05) is 13.1 Å². The van der Waals surface area contributed by atoms with Gasteiger partial charge in [0, 0.05) is 12.1 Å². The molecule has 1 saturated carbocycles. The molecule has 2 fully saturated rings. The summed E-state index contributed by atoms with van der Waals surface area (Å²) >= 11 is 0. The fourth-order valence-corrected chi connectivity index (χ4v) is 3.71. The molecular formula is C15H30N2. The van der Waals surface area contributed by atoms with Crippen LogP contribution in [0.3, 0.4) is 0 Å². The Kier molecular flexibility index (Phi) is 4.87. The molecule has 100 valence electrons. The Morgan fingerprint density at radius 1 is 1.00 bits per heavy atom. The van der Waals surface area contributed by atoms with Gasteiger partial charge in [-0.3, -0.25) is 0 Å². The zero-order valence-corrected chi connectivity index (χ0v) is 11.7. The zero-order valence-electron chi connectivity index (χ0n) is 11.7. The number of hydrogen-bond acceptors (Lipinski definition) is 2. The fourth-order valence-electron chi connectivity index (χ4n) is 3.71. The van der Waals surface area contributed by atoms with Gasteiger partial charge in [0.05, 0.1) is 0 Å². The molecule has 0 aromatic rings. The van der Waals surface area contributed by atoms with Gasteiger partial charge >= 0.3 is 0 Å². The first-order valence-corrected chi connectivity index (χ1v) is 7.66. The van der Waals surface area contributed by atoms with Gasteiger partial charge in [0.25, 0.3) is 0 Å². The maximum absolute atomic E-state index is 6.12. The minimum Gasteiger partial charge on any atom is -0.328 e. The molecular weight excluding hydrogens is 208 g/mol. The molecule has 17 heavy (non-hydrogen) atoms.